The zero-order valence-electron chi connectivity index (χ0n) is 11.1. The molecule has 8 heteroatoms. The smallest absolute Gasteiger partial charge is 0.182 e. The summed E-state index contributed by atoms with van der Waals surface area (Å²) in [4.78, 5) is 4.19. The van der Waals surface area contributed by atoms with Gasteiger partial charge in [0.05, 0.1) is 6.61 Å². The molecule has 20 heavy (non-hydrogen) atoms. The van der Waals surface area contributed by atoms with Crippen molar-refractivity contribution in [2.75, 3.05) is 6.61 Å². The maximum absolute atomic E-state index is 9.98. The highest BCUT2D eigenvalue weighted by Crippen LogP contribution is 2.20. The molecule has 2 rings (SSSR count). The Kier molecular flexibility index (Phi) is 5.06. The van der Waals surface area contributed by atoms with Crippen LogP contribution >= 0.6 is 0 Å². The summed E-state index contributed by atoms with van der Waals surface area (Å²) in [5.41, 5.74) is 0. The lowest BCUT2D eigenvalue weighted by atomic mass is 10.0. The van der Waals surface area contributed by atoms with E-state index in [2.05, 4.69) is 10.1 Å². The lowest BCUT2D eigenvalue weighted by Crippen LogP contribution is -2.43. The molecule has 2 heterocycles. The largest absolute Gasteiger partial charge is 0.394 e. The van der Waals surface area contributed by atoms with Crippen molar-refractivity contribution in [3.63, 3.8) is 0 Å². The highest BCUT2D eigenvalue weighted by atomic mass is 16.4. The van der Waals surface area contributed by atoms with Crippen molar-refractivity contribution in [2.45, 2.75) is 56.6 Å². The predicted octanol–water partition coefficient (Wildman–Crippen LogP) is -1.89. The van der Waals surface area contributed by atoms with E-state index in [9.17, 15) is 20.4 Å². The molecule has 0 fully saturated rings. The quantitative estimate of drug-likeness (QED) is 0.428. The number of aryl methyl sites for hydroxylation is 2. The first kappa shape index (κ1) is 15.3. The zero-order valence-corrected chi connectivity index (χ0v) is 11.1. The van der Waals surface area contributed by atoms with Crippen LogP contribution < -0.4 is 0 Å². The van der Waals surface area contributed by atoms with Crippen LogP contribution in [0, 0.1) is 0 Å². The minimum Gasteiger partial charge on any atom is -0.394 e. The number of rotatable bonds is 5. The van der Waals surface area contributed by atoms with Crippen molar-refractivity contribution in [1.29, 1.82) is 0 Å². The molecule has 5 N–H and O–H groups in total. The van der Waals surface area contributed by atoms with Crippen LogP contribution in [0.15, 0.2) is 0 Å². The Bertz CT molecular complexity index is 415. The van der Waals surface area contributed by atoms with Gasteiger partial charge in [0.15, 0.2) is 5.82 Å². The lowest BCUT2D eigenvalue weighted by Gasteiger charge is -2.24. The standard InChI is InChI=1S/C12H21N3O5/c16-6-7(17)9(18)10(19)11(20)12-13-8-4-2-1-3-5-15(8)14-12/h7,9-11,16-20H,1-6H2/t7-,9-,10+,11?/m1/s1. The first-order valence-electron chi connectivity index (χ1n) is 6.81. The van der Waals surface area contributed by atoms with Gasteiger partial charge < -0.3 is 25.5 Å². The Morgan fingerprint density at radius 1 is 1.05 bits per heavy atom. The average Bonchev–Trinajstić information content (AvgIpc) is 2.75. The van der Waals surface area contributed by atoms with Gasteiger partial charge in [0.1, 0.15) is 30.2 Å². The molecule has 0 radical (unpaired) electrons. The van der Waals surface area contributed by atoms with Gasteiger partial charge in [0, 0.05) is 13.0 Å². The van der Waals surface area contributed by atoms with Crippen molar-refractivity contribution < 1.29 is 25.5 Å². The van der Waals surface area contributed by atoms with Gasteiger partial charge in [-0.2, -0.15) is 5.10 Å². The van der Waals surface area contributed by atoms with Crippen LogP contribution in [0.25, 0.3) is 0 Å². The lowest BCUT2D eigenvalue weighted by molar-refractivity contribution is -0.118. The summed E-state index contributed by atoms with van der Waals surface area (Å²) in [6, 6.07) is 0. The van der Waals surface area contributed by atoms with Gasteiger partial charge in [-0.15, -0.1) is 0 Å². The molecule has 0 saturated carbocycles. The van der Waals surface area contributed by atoms with Crippen molar-refractivity contribution >= 4 is 0 Å². The molecule has 0 bridgehead atoms. The Morgan fingerprint density at radius 3 is 2.50 bits per heavy atom. The maximum Gasteiger partial charge on any atom is 0.182 e. The average molecular weight is 287 g/mol. The van der Waals surface area contributed by atoms with E-state index in [1.165, 1.54) is 0 Å². The fourth-order valence-corrected chi connectivity index (χ4v) is 2.28. The van der Waals surface area contributed by atoms with Gasteiger partial charge in [-0.25, -0.2) is 9.67 Å². The minimum atomic E-state index is -1.67. The Labute approximate surface area is 116 Å². The topological polar surface area (TPSA) is 132 Å². The number of nitrogens with zero attached hydrogens (tertiary/aromatic N) is 3. The molecule has 1 aromatic rings. The maximum atomic E-state index is 9.98. The fraction of sp³-hybridized carbons (Fsp3) is 0.833. The SMILES string of the molecule is OC[C@@H](O)[C@@H](O)[C@H](O)C(O)c1nc2n(n1)CCCCC2. The number of aliphatic hydroxyl groups excluding tert-OH is 5. The summed E-state index contributed by atoms with van der Waals surface area (Å²) in [6.07, 6.45) is -2.51. The van der Waals surface area contributed by atoms with E-state index in [0.717, 1.165) is 31.5 Å². The van der Waals surface area contributed by atoms with Gasteiger partial charge in [-0.1, -0.05) is 6.42 Å². The Balaban J connectivity index is 2.10. The molecule has 114 valence electrons. The zero-order chi connectivity index (χ0) is 14.7. The number of aromatic nitrogens is 3. The molecular weight excluding hydrogens is 266 g/mol. The second-order valence-corrected chi connectivity index (χ2v) is 5.10. The van der Waals surface area contributed by atoms with Crippen LogP contribution in [0.4, 0.5) is 0 Å². The molecule has 8 nitrogen and oxygen atoms in total. The minimum absolute atomic E-state index is 0.0265. The van der Waals surface area contributed by atoms with Crippen molar-refractivity contribution in [1.82, 2.24) is 14.8 Å². The third-order valence-electron chi connectivity index (χ3n) is 3.55. The van der Waals surface area contributed by atoms with Gasteiger partial charge in [-0.05, 0) is 12.8 Å². The molecule has 0 aliphatic carbocycles. The van der Waals surface area contributed by atoms with Crippen LogP contribution in [0.2, 0.25) is 0 Å². The number of hydrogen-bond acceptors (Lipinski definition) is 7. The van der Waals surface area contributed by atoms with E-state index in [-0.39, 0.29) is 5.82 Å². The summed E-state index contributed by atoms with van der Waals surface area (Å²) in [7, 11) is 0. The first-order chi connectivity index (χ1) is 9.54. The van der Waals surface area contributed by atoms with E-state index in [0.29, 0.717) is 6.54 Å². The molecule has 0 spiro atoms. The van der Waals surface area contributed by atoms with Gasteiger partial charge in [0.25, 0.3) is 0 Å². The van der Waals surface area contributed by atoms with Crippen LogP contribution in [0.1, 0.15) is 37.0 Å². The normalized spacial score (nSPS) is 21.6. The second kappa shape index (κ2) is 6.59. The number of aliphatic hydroxyl groups is 5. The Morgan fingerprint density at radius 2 is 1.80 bits per heavy atom. The third-order valence-corrected chi connectivity index (χ3v) is 3.55. The molecule has 0 amide bonds. The molecule has 1 aliphatic heterocycles. The monoisotopic (exact) mass is 287 g/mol. The second-order valence-electron chi connectivity index (χ2n) is 5.10. The van der Waals surface area contributed by atoms with E-state index >= 15 is 0 Å². The molecule has 0 saturated heterocycles. The van der Waals surface area contributed by atoms with E-state index < -0.39 is 31.0 Å². The summed E-state index contributed by atoms with van der Waals surface area (Å²) < 4.78 is 1.70. The Hall–Kier alpha value is -1.06. The molecule has 1 aliphatic rings. The van der Waals surface area contributed by atoms with Crippen LogP contribution in [-0.2, 0) is 13.0 Å². The van der Waals surface area contributed by atoms with E-state index in [1.54, 1.807) is 4.68 Å². The highest BCUT2D eigenvalue weighted by molar-refractivity contribution is 5.01. The van der Waals surface area contributed by atoms with Crippen LogP contribution in [-0.4, -0.2) is 65.2 Å². The molecule has 4 atom stereocenters. The molecule has 1 unspecified atom stereocenters. The molecular formula is C12H21N3O5. The van der Waals surface area contributed by atoms with Crippen molar-refractivity contribution in [2.24, 2.45) is 0 Å². The van der Waals surface area contributed by atoms with Gasteiger partial charge >= 0.3 is 0 Å². The van der Waals surface area contributed by atoms with Gasteiger partial charge in [-0.3, -0.25) is 0 Å². The van der Waals surface area contributed by atoms with Crippen molar-refractivity contribution in [3.8, 4) is 0 Å². The van der Waals surface area contributed by atoms with E-state index in [4.69, 9.17) is 5.11 Å². The summed E-state index contributed by atoms with van der Waals surface area (Å²) in [5, 5.41) is 51.5. The first-order valence-corrected chi connectivity index (χ1v) is 6.81. The highest BCUT2D eigenvalue weighted by Gasteiger charge is 2.33. The van der Waals surface area contributed by atoms with Crippen molar-refractivity contribution in [3.05, 3.63) is 11.6 Å². The van der Waals surface area contributed by atoms with E-state index in [1.807, 2.05) is 0 Å². The predicted molar refractivity (Wildman–Crippen MR) is 67.6 cm³/mol. The van der Waals surface area contributed by atoms with Gasteiger partial charge in [0.2, 0.25) is 0 Å². The molecule has 0 aromatic carbocycles. The van der Waals surface area contributed by atoms with Crippen LogP contribution in [0.3, 0.4) is 0 Å². The summed E-state index contributed by atoms with van der Waals surface area (Å²) >= 11 is 0. The summed E-state index contributed by atoms with van der Waals surface area (Å²) in [5.74, 6) is 0.777. The number of hydrogen-bond donors (Lipinski definition) is 5. The fourth-order valence-electron chi connectivity index (χ4n) is 2.28. The third kappa shape index (κ3) is 3.15. The molecule has 1 aromatic heterocycles. The summed E-state index contributed by atoms with van der Waals surface area (Å²) in [6.45, 7) is 0.00499. The van der Waals surface area contributed by atoms with Crippen LogP contribution in [0.5, 0.6) is 0 Å². The number of fused-ring (bicyclic) bond motifs is 1.